The lowest BCUT2D eigenvalue weighted by atomic mass is 10.2. The summed E-state index contributed by atoms with van der Waals surface area (Å²) < 4.78 is 15.2. The van der Waals surface area contributed by atoms with E-state index in [1.807, 2.05) is 6.07 Å². The number of nitrogens with one attached hydrogen (secondary N) is 2. The normalized spacial score (nSPS) is 11.1. The van der Waals surface area contributed by atoms with Crippen molar-refractivity contribution >= 4 is 35.0 Å². The van der Waals surface area contributed by atoms with Crippen LogP contribution < -0.4 is 11.2 Å². The summed E-state index contributed by atoms with van der Waals surface area (Å²) in [6.07, 6.45) is 0.145. The summed E-state index contributed by atoms with van der Waals surface area (Å²) in [7, 11) is 0. The molecule has 0 aliphatic carbocycles. The van der Waals surface area contributed by atoms with Crippen LogP contribution >= 0.6 is 35.0 Å². The average Bonchev–Trinajstić information content (AvgIpc) is 3.09. The van der Waals surface area contributed by atoms with Gasteiger partial charge in [0.25, 0.3) is 5.56 Å². The van der Waals surface area contributed by atoms with Crippen molar-refractivity contribution in [2.45, 2.75) is 17.3 Å². The molecule has 4 aromatic rings. The van der Waals surface area contributed by atoms with Crippen LogP contribution in [0.5, 0.6) is 0 Å². The van der Waals surface area contributed by atoms with Gasteiger partial charge in [-0.3, -0.25) is 14.3 Å². The number of thioether (sulfide) groups is 1. The average molecular weight is 478 g/mol. The highest BCUT2D eigenvalue weighted by Crippen LogP contribution is 2.30. The lowest BCUT2D eigenvalue weighted by Crippen LogP contribution is -2.23. The molecule has 0 amide bonds. The Hall–Kier alpha value is -2.88. The highest BCUT2D eigenvalue weighted by Gasteiger charge is 2.16. The van der Waals surface area contributed by atoms with E-state index < -0.39 is 11.2 Å². The molecule has 2 aromatic heterocycles. The van der Waals surface area contributed by atoms with Gasteiger partial charge in [0.2, 0.25) is 0 Å². The third-order valence-corrected chi connectivity index (χ3v) is 5.89. The molecule has 0 aliphatic heterocycles. The van der Waals surface area contributed by atoms with Crippen LogP contribution in [0.25, 0.3) is 5.69 Å². The van der Waals surface area contributed by atoms with Crippen molar-refractivity contribution in [3.8, 4) is 5.69 Å². The Morgan fingerprint density at radius 1 is 1.00 bits per heavy atom. The van der Waals surface area contributed by atoms with Gasteiger partial charge in [-0.25, -0.2) is 9.18 Å². The van der Waals surface area contributed by atoms with Crippen LogP contribution in [0.4, 0.5) is 4.39 Å². The number of benzene rings is 2. The van der Waals surface area contributed by atoms with E-state index in [4.69, 9.17) is 23.2 Å². The largest absolute Gasteiger partial charge is 0.325 e. The van der Waals surface area contributed by atoms with E-state index >= 15 is 0 Å². The predicted molar refractivity (Wildman–Crippen MR) is 118 cm³/mol. The summed E-state index contributed by atoms with van der Waals surface area (Å²) in [5.41, 5.74) is 0.756. The number of hydrogen-bond donors (Lipinski definition) is 2. The molecule has 2 aromatic carbocycles. The smallest absolute Gasteiger partial charge is 0.311 e. The van der Waals surface area contributed by atoms with Crippen molar-refractivity contribution < 1.29 is 4.39 Å². The molecule has 31 heavy (non-hydrogen) atoms. The van der Waals surface area contributed by atoms with Gasteiger partial charge in [-0.15, -0.1) is 10.2 Å². The van der Waals surface area contributed by atoms with Crippen molar-refractivity contribution in [1.82, 2.24) is 24.7 Å². The van der Waals surface area contributed by atoms with Crippen LogP contribution in [0.2, 0.25) is 10.0 Å². The maximum atomic E-state index is 13.5. The third-order valence-electron chi connectivity index (χ3n) is 4.32. The van der Waals surface area contributed by atoms with Crippen molar-refractivity contribution in [2.24, 2.45) is 0 Å². The monoisotopic (exact) mass is 477 g/mol. The van der Waals surface area contributed by atoms with Crippen LogP contribution in [0.3, 0.4) is 0 Å². The van der Waals surface area contributed by atoms with Crippen LogP contribution in [-0.2, 0) is 12.2 Å². The Labute approximate surface area is 189 Å². The van der Waals surface area contributed by atoms with E-state index in [1.165, 1.54) is 30.0 Å². The van der Waals surface area contributed by atoms with Crippen LogP contribution in [-0.4, -0.2) is 24.7 Å². The van der Waals surface area contributed by atoms with Gasteiger partial charge in [-0.05, 0) is 42.0 Å². The molecule has 0 saturated carbocycles. The van der Waals surface area contributed by atoms with E-state index in [1.54, 1.807) is 28.8 Å². The highest BCUT2D eigenvalue weighted by atomic mass is 35.5. The number of aromatic amines is 2. The number of rotatable bonds is 6. The third kappa shape index (κ3) is 5.07. The number of aromatic nitrogens is 5. The van der Waals surface area contributed by atoms with Gasteiger partial charge >= 0.3 is 5.69 Å². The van der Waals surface area contributed by atoms with Gasteiger partial charge in [0.15, 0.2) is 5.16 Å². The maximum absolute atomic E-state index is 13.5. The fourth-order valence-corrected chi connectivity index (χ4v) is 4.45. The molecule has 0 radical (unpaired) electrons. The van der Waals surface area contributed by atoms with Crippen LogP contribution in [0, 0.1) is 5.82 Å². The van der Waals surface area contributed by atoms with Gasteiger partial charge < -0.3 is 4.98 Å². The number of halogens is 3. The fourth-order valence-electron chi connectivity index (χ4n) is 2.92. The predicted octanol–water partition coefficient (Wildman–Crippen LogP) is 3.97. The maximum Gasteiger partial charge on any atom is 0.325 e. The summed E-state index contributed by atoms with van der Waals surface area (Å²) in [6.45, 7) is 0. The Morgan fingerprint density at radius 2 is 1.77 bits per heavy atom. The molecule has 2 N–H and O–H groups in total. The Balaban J connectivity index is 1.70. The standard InChI is InChI=1S/C20H14Cl2FN5O2S/c21-12-2-1-11(16(22)7-12)10-31-20-27-26-17(8-14-9-18(29)25-19(30)24-14)28(20)15-5-3-13(23)4-6-15/h1-7,9H,8,10H2,(H2,24,25,29,30). The van der Waals surface area contributed by atoms with E-state index in [9.17, 15) is 14.0 Å². The molecule has 0 atom stereocenters. The zero-order valence-corrected chi connectivity index (χ0v) is 18.1. The fraction of sp³-hybridized carbons (Fsp3) is 0.100. The minimum Gasteiger partial charge on any atom is -0.311 e. The van der Waals surface area contributed by atoms with Crippen molar-refractivity contribution in [3.05, 3.63) is 102 Å². The van der Waals surface area contributed by atoms with Gasteiger partial charge in [-0.1, -0.05) is 41.0 Å². The first-order chi connectivity index (χ1) is 14.9. The minimum absolute atomic E-state index is 0.145. The Kier molecular flexibility index (Phi) is 6.26. The lowest BCUT2D eigenvalue weighted by molar-refractivity contribution is 0.627. The number of nitrogens with zero attached hydrogens (tertiary/aromatic N) is 3. The van der Waals surface area contributed by atoms with Crippen molar-refractivity contribution in [3.63, 3.8) is 0 Å². The van der Waals surface area contributed by atoms with Gasteiger partial charge in [0, 0.05) is 39.7 Å². The van der Waals surface area contributed by atoms with Gasteiger partial charge in [0.1, 0.15) is 11.6 Å². The van der Waals surface area contributed by atoms with Crippen LogP contribution in [0.15, 0.2) is 63.3 Å². The molecule has 0 saturated heterocycles. The summed E-state index contributed by atoms with van der Waals surface area (Å²) in [4.78, 5) is 27.9. The van der Waals surface area contributed by atoms with Crippen LogP contribution in [0.1, 0.15) is 17.1 Å². The molecule has 0 fully saturated rings. The minimum atomic E-state index is -0.609. The van der Waals surface area contributed by atoms with E-state index in [-0.39, 0.29) is 12.2 Å². The second-order valence-corrected chi connectivity index (χ2v) is 8.31. The number of H-pyrrole nitrogens is 2. The molecule has 2 heterocycles. The number of hydrogen-bond acceptors (Lipinski definition) is 5. The summed E-state index contributed by atoms with van der Waals surface area (Å²) >= 11 is 13.6. The van der Waals surface area contributed by atoms with Crippen molar-refractivity contribution in [1.29, 1.82) is 0 Å². The quantitative estimate of drug-likeness (QED) is 0.409. The first kappa shape index (κ1) is 21.4. The molecular weight excluding hydrogens is 464 g/mol. The zero-order chi connectivity index (χ0) is 22.0. The molecule has 0 bridgehead atoms. The molecule has 158 valence electrons. The molecule has 0 unspecified atom stereocenters. The van der Waals surface area contributed by atoms with Gasteiger partial charge in [0.05, 0.1) is 0 Å². The first-order valence-corrected chi connectivity index (χ1v) is 10.7. The van der Waals surface area contributed by atoms with E-state index in [2.05, 4.69) is 20.2 Å². The summed E-state index contributed by atoms with van der Waals surface area (Å²) in [5, 5.41) is 10.1. The highest BCUT2D eigenvalue weighted by molar-refractivity contribution is 7.98. The Morgan fingerprint density at radius 3 is 2.48 bits per heavy atom. The summed E-state index contributed by atoms with van der Waals surface area (Å²) in [6, 6.07) is 12.4. The molecule has 7 nitrogen and oxygen atoms in total. The molecule has 11 heteroatoms. The molecule has 0 aliphatic rings. The topological polar surface area (TPSA) is 96.4 Å². The van der Waals surface area contributed by atoms with Crippen molar-refractivity contribution in [2.75, 3.05) is 0 Å². The van der Waals surface area contributed by atoms with Gasteiger partial charge in [-0.2, -0.15) is 0 Å². The first-order valence-electron chi connectivity index (χ1n) is 8.98. The molecule has 4 rings (SSSR count). The van der Waals surface area contributed by atoms with E-state index in [0.29, 0.717) is 38.2 Å². The zero-order valence-electron chi connectivity index (χ0n) is 15.7. The second kappa shape index (κ2) is 9.09. The van der Waals surface area contributed by atoms with E-state index in [0.717, 1.165) is 5.56 Å². The Bertz CT molecular complexity index is 1320. The lowest BCUT2D eigenvalue weighted by Gasteiger charge is -2.11. The molecular formula is C20H14Cl2FN5O2S. The SMILES string of the molecule is O=c1cc(Cc2nnc(SCc3ccc(Cl)cc3Cl)n2-c2ccc(F)cc2)[nH]c(=O)[nH]1. The summed E-state index contributed by atoms with van der Waals surface area (Å²) in [5.74, 6) is 0.592. The second-order valence-electron chi connectivity index (χ2n) is 6.52. The molecule has 0 spiro atoms.